The maximum Gasteiger partial charge on any atom is 0.187 e. The topological polar surface area (TPSA) is 342 Å². The Morgan fingerprint density at radius 1 is 0.524 bits per heavy atom. The SMILES string of the molecule is NC[C@@H]1O[C@H](OC2[C@@H](O)[C@H](O[C@@H]3[C@@H](O)[C@H](N)C[C@H](N)[C@H]3O[C@H]3O[C@H](CO)[C@@H](O)[C@H](O)[C@H]3N)O[C@@H]2CO)[C@H](O)[C@@H](O)[C@@H]1O. The Hall–Kier alpha value is -0.760. The molecule has 19 atom stereocenters. The lowest BCUT2D eigenvalue weighted by Gasteiger charge is -2.47. The Morgan fingerprint density at radius 3 is 1.67 bits per heavy atom. The molecule has 3 heterocycles. The fourth-order valence-electron chi connectivity index (χ4n) is 5.65. The van der Waals surface area contributed by atoms with Gasteiger partial charge in [-0.2, -0.15) is 0 Å². The Kier molecular flexibility index (Phi) is 11.5. The molecule has 0 amide bonds. The van der Waals surface area contributed by atoms with E-state index in [9.17, 15) is 46.0 Å². The molecule has 19 heteroatoms. The van der Waals surface area contributed by atoms with Crippen molar-refractivity contribution in [2.75, 3.05) is 19.8 Å². The van der Waals surface area contributed by atoms with Crippen LogP contribution in [0.25, 0.3) is 0 Å². The van der Waals surface area contributed by atoms with Gasteiger partial charge < -0.3 is 97.3 Å². The fourth-order valence-corrected chi connectivity index (χ4v) is 5.65. The van der Waals surface area contributed by atoms with Crippen molar-refractivity contribution in [1.82, 2.24) is 0 Å². The summed E-state index contributed by atoms with van der Waals surface area (Å²) < 4.78 is 34.1. The third-order valence-corrected chi connectivity index (χ3v) is 8.24. The Balaban J connectivity index is 1.50. The van der Waals surface area contributed by atoms with E-state index >= 15 is 0 Å². The van der Waals surface area contributed by atoms with E-state index in [1.165, 1.54) is 0 Å². The molecule has 4 fully saturated rings. The molecule has 1 unspecified atom stereocenters. The van der Waals surface area contributed by atoms with Crippen LogP contribution in [-0.2, 0) is 28.4 Å². The lowest BCUT2D eigenvalue weighted by atomic mass is 9.84. The zero-order valence-corrected chi connectivity index (χ0v) is 22.6. The minimum absolute atomic E-state index is 0.0503. The molecule has 246 valence electrons. The average Bonchev–Trinajstić information content (AvgIpc) is 3.27. The summed E-state index contributed by atoms with van der Waals surface area (Å²) in [7, 11) is 0. The number of aliphatic hydroxyl groups is 9. The zero-order valence-electron chi connectivity index (χ0n) is 22.6. The van der Waals surface area contributed by atoms with Crippen molar-refractivity contribution in [3.63, 3.8) is 0 Å². The molecule has 42 heavy (non-hydrogen) atoms. The minimum Gasteiger partial charge on any atom is -0.394 e. The van der Waals surface area contributed by atoms with Crippen LogP contribution in [0.3, 0.4) is 0 Å². The summed E-state index contributed by atoms with van der Waals surface area (Å²) in [5.74, 6) is 0. The van der Waals surface area contributed by atoms with Crippen molar-refractivity contribution >= 4 is 0 Å². The van der Waals surface area contributed by atoms with Crippen molar-refractivity contribution in [2.24, 2.45) is 22.9 Å². The standard InChI is InChI=1S/C23H44N4O15/c24-2-7-12(31)15(34)16(35)22(37-7)41-19-9(4-29)39-23(17(19)36)42-20-11(30)5(25)1-6(26)18(20)40-21-10(27)14(33)13(32)8(3-28)38-21/h5-23,28-36H,1-4,24-27H2/t5-,6+,7+,8-,9-,10-,11+,12-,13-,14-,15+,16-,17-,18-,19?,20-,21-,22-,23+/m1/s1. The van der Waals surface area contributed by atoms with E-state index in [2.05, 4.69) is 0 Å². The van der Waals surface area contributed by atoms with Crippen molar-refractivity contribution in [3.05, 3.63) is 0 Å². The highest BCUT2D eigenvalue weighted by molar-refractivity contribution is 5.02. The van der Waals surface area contributed by atoms with Gasteiger partial charge >= 0.3 is 0 Å². The molecule has 1 saturated carbocycles. The predicted molar refractivity (Wildman–Crippen MR) is 134 cm³/mol. The van der Waals surface area contributed by atoms with Crippen LogP contribution in [0, 0.1) is 0 Å². The van der Waals surface area contributed by atoms with Crippen molar-refractivity contribution in [1.29, 1.82) is 0 Å². The quantitative estimate of drug-likeness (QED) is 0.114. The molecular weight excluding hydrogens is 572 g/mol. The van der Waals surface area contributed by atoms with Crippen LogP contribution in [0.2, 0.25) is 0 Å². The molecule has 3 saturated heterocycles. The summed E-state index contributed by atoms with van der Waals surface area (Å²) in [5, 5.41) is 92.4. The number of aliphatic hydroxyl groups excluding tert-OH is 9. The largest absolute Gasteiger partial charge is 0.394 e. The molecule has 4 rings (SSSR count). The lowest BCUT2D eigenvalue weighted by molar-refractivity contribution is -0.314. The van der Waals surface area contributed by atoms with E-state index in [1.54, 1.807) is 0 Å². The van der Waals surface area contributed by atoms with Crippen molar-refractivity contribution < 1.29 is 74.4 Å². The second kappa shape index (κ2) is 14.1. The third kappa shape index (κ3) is 6.60. The number of hydrogen-bond acceptors (Lipinski definition) is 19. The normalized spacial score (nSPS) is 53.8. The van der Waals surface area contributed by atoms with E-state index < -0.39 is 130 Å². The Labute approximate surface area is 240 Å². The summed E-state index contributed by atoms with van der Waals surface area (Å²) in [4.78, 5) is 0. The number of ether oxygens (including phenoxy) is 6. The van der Waals surface area contributed by atoms with E-state index in [-0.39, 0.29) is 13.0 Å². The minimum atomic E-state index is -1.75. The third-order valence-electron chi connectivity index (χ3n) is 8.24. The summed E-state index contributed by atoms with van der Waals surface area (Å²) >= 11 is 0. The van der Waals surface area contributed by atoms with Gasteiger partial charge in [0.25, 0.3) is 0 Å². The van der Waals surface area contributed by atoms with E-state index in [4.69, 9.17) is 51.4 Å². The van der Waals surface area contributed by atoms with Gasteiger partial charge in [0.2, 0.25) is 0 Å². The van der Waals surface area contributed by atoms with E-state index in [0.717, 1.165) is 0 Å². The molecule has 0 aromatic rings. The van der Waals surface area contributed by atoms with E-state index in [0.29, 0.717) is 0 Å². The first kappa shape index (κ1) is 34.1. The van der Waals surface area contributed by atoms with Gasteiger partial charge in [-0.05, 0) is 6.42 Å². The summed E-state index contributed by atoms with van der Waals surface area (Å²) in [6.45, 7) is -1.59. The second-order valence-electron chi connectivity index (χ2n) is 11.1. The van der Waals surface area contributed by atoms with Gasteiger partial charge in [0.05, 0.1) is 25.4 Å². The lowest BCUT2D eigenvalue weighted by Crippen LogP contribution is -2.68. The first-order valence-electron chi connectivity index (χ1n) is 13.7. The molecule has 1 aliphatic carbocycles. The van der Waals surface area contributed by atoms with Gasteiger partial charge in [-0.15, -0.1) is 0 Å². The highest BCUT2D eigenvalue weighted by Crippen LogP contribution is 2.34. The van der Waals surface area contributed by atoms with Crippen molar-refractivity contribution in [2.45, 2.75) is 123 Å². The summed E-state index contributed by atoms with van der Waals surface area (Å²) in [6.07, 6.45) is -23.3. The summed E-state index contributed by atoms with van der Waals surface area (Å²) in [5.41, 5.74) is 23.9. The van der Waals surface area contributed by atoms with Crippen LogP contribution in [0.4, 0.5) is 0 Å². The van der Waals surface area contributed by atoms with Crippen LogP contribution >= 0.6 is 0 Å². The first-order chi connectivity index (χ1) is 19.8. The molecule has 0 radical (unpaired) electrons. The van der Waals surface area contributed by atoms with Gasteiger partial charge in [-0.1, -0.05) is 0 Å². The molecule has 3 aliphatic heterocycles. The second-order valence-corrected chi connectivity index (χ2v) is 11.1. The zero-order chi connectivity index (χ0) is 31.0. The molecule has 0 aromatic carbocycles. The van der Waals surface area contributed by atoms with Gasteiger partial charge in [-0.3, -0.25) is 0 Å². The molecule has 0 bridgehead atoms. The molecule has 0 spiro atoms. The van der Waals surface area contributed by atoms with Crippen LogP contribution in [0.5, 0.6) is 0 Å². The molecule has 4 aliphatic rings. The van der Waals surface area contributed by atoms with Gasteiger partial charge in [0, 0.05) is 18.6 Å². The smallest absolute Gasteiger partial charge is 0.187 e. The van der Waals surface area contributed by atoms with Crippen LogP contribution in [0.1, 0.15) is 6.42 Å². The number of rotatable bonds is 9. The monoisotopic (exact) mass is 616 g/mol. The predicted octanol–water partition coefficient (Wildman–Crippen LogP) is -8.83. The maximum atomic E-state index is 11.1. The maximum absolute atomic E-state index is 11.1. The highest BCUT2D eigenvalue weighted by Gasteiger charge is 2.54. The van der Waals surface area contributed by atoms with Crippen molar-refractivity contribution in [3.8, 4) is 0 Å². The van der Waals surface area contributed by atoms with Crippen LogP contribution in [0.15, 0.2) is 0 Å². The average molecular weight is 617 g/mol. The number of hydrogen-bond donors (Lipinski definition) is 13. The highest BCUT2D eigenvalue weighted by atomic mass is 16.8. The van der Waals surface area contributed by atoms with Gasteiger partial charge in [0.1, 0.15) is 73.2 Å². The fraction of sp³-hybridized carbons (Fsp3) is 1.00. The molecule has 17 N–H and O–H groups in total. The Morgan fingerprint density at radius 2 is 1.05 bits per heavy atom. The molecule has 0 aromatic heterocycles. The van der Waals surface area contributed by atoms with Crippen LogP contribution in [-0.4, -0.2) is 182 Å². The van der Waals surface area contributed by atoms with Gasteiger partial charge in [-0.25, -0.2) is 0 Å². The van der Waals surface area contributed by atoms with Gasteiger partial charge in [0.15, 0.2) is 18.9 Å². The number of nitrogens with two attached hydrogens (primary N) is 4. The Bertz CT molecular complexity index is 865. The molecule has 19 nitrogen and oxygen atoms in total. The van der Waals surface area contributed by atoms with Crippen LogP contribution < -0.4 is 22.9 Å². The summed E-state index contributed by atoms with van der Waals surface area (Å²) in [6, 6.07) is -3.09. The van der Waals surface area contributed by atoms with E-state index in [1.807, 2.05) is 0 Å². The first-order valence-corrected chi connectivity index (χ1v) is 13.7. The molecular formula is C23H44N4O15.